The van der Waals surface area contributed by atoms with E-state index in [2.05, 4.69) is 0 Å². The van der Waals surface area contributed by atoms with Crippen molar-refractivity contribution < 1.29 is 9.59 Å². The van der Waals surface area contributed by atoms with Crippen molar-refractivity contribution >= 4 is 17.9 Å². The number of carbonyl (C=O) groups excluding carboxylic acids is 2. The zero-order valence-corrected chi connectivity index (χ0v) is 11.9. The fourth-order valence-corrected chi connectivity index (χ4v) is 2.23. The maximum Gasteiger partial charge on any atom is 0.213 e. The highest BCUT2D eigenvalue weighted by molar-refractivity contribution is 6.11. The molecule has 2 aromatic rings. The van der Waals surface area contributed by atoms with Crippen molar-refractivity contribution in [2.75, 3.05) is 11.9 Å². The second-order valence-electron chi connectivity index (χ2n) is 4.86. The first kappa shape index (κ1) is 14.0. The molecule has 0 aromatic heterocycles. The predicted molar refractivity (Wildman–Crippen MR) is 80.3 cm³/mol. The van der Waals surface area contributed by atoms with Crippen LogP contribution in [0.5, 0.6) is 0 Å². The molecule has 0 atom stereocenters. The van der Waals surface area contributed by atoms with Crippen LogP contribution in [0.1, 0.15) is 27.0 Å². The molecule has 0 saturated carbocycles. The van der Waals surface area contributed by atoms with Gasteiger partial charge in [-0.3, -0.25) is 9.59 Å². The van der Waals surface area contributed by atoms with Gasteiger partial charge in [0.15, 0.2) is 5.78 Å². The first-order valence-corrected chi connectivity index (χ1v) is 6.43. The molecule has 3 nitrogen and oxygen atoms in total. The lowest BCUT2D eigenvalue weighted by atomic mass is 9.95. The summed E-state index contributed by atoms with van der Waals surface area (Å²) >= 11 is 0. The van der Waals surface area contributed by atoms with E-state index in [4.69, 9.17) is 0 Å². The number of nitrogens with zero attached hydrogens (tertiary/aromatic N) is 1. The fraction of sp³-hybridized carbons (Fsp3) is 0.176. The summed E-state index contributed by atoms with van der Waals surface area (Å²) in [6.45, 7) is 3.88. The van der Waals surface area contributed by atoms with Gasteiger partial charge in [-0.1, -0.05) is 18.2 Å². The van der Waals surface area contributed by atoms with E-state index in [9.17, 15) is 9.59 Å². The molecule has 3 heteroatoms. The smallest absolute Gasteiger partial charge is 0.213 e. The van der Waals surface area contributed by atoms with Crippen LogP contribution in [-0.4, -0.2) is 19.2 Å². The molecule has 0 heterocycles. The molecule has 0 bridgehead atoms. The van der Waals surface area contributed by atoms with Crippen LogP contribution in [0.4, 0.5) is 5.69 Å². The average molecular weight is 267 g/mol. The Labute approximate surface area is 118 Å². The van der Waals surface area contributed by atoms with Crippen molar-refractivity contribution in [3.05, 3.63) is 64.7 Å². The van der Waals surface area contributed by atoms with E-state index >= 15 is 0 Å². The third kappa shape index (κ3) is 2.62. The molecule has 0 fully saturated rings. The number of carbonyl (C=O) groups is 2. The summed E-state index contributed by atoms with van der Waals surface area (Å²) in [5.74, 6) is 0.0147. The lowest BCUT2D eigenvalue weighted by Crippen LogP contribution is -2.14. The van der Waals surface area contributed by atoms with Crippen molar-refractivity contribution in [3.8, 4) is 0 Å². The Morgan fingerprint density at radius 1 is 1.00 bits per heavy atom. The van der Waals surface area contributed by atoms with Gasteiger partial charge in [0.05, 0.1) is 0 Å². The van der Waals surface area contributed by atoms with Gasteiger partial charge in [-0.15, -0.1) is 0 Å². The number of benzene rings is 2. The molecule has 0 saturated heterocycles. The minimum absolute atomic E-state index is 0.0147. The van der Waals surface area contributed by atoms with Crippen LogP contribution in [0.25, 0.3) is 0 Å². The number of hydrogen-bond donors (Lipinski definition) is 0. The maximum absolute atomic E-state index is 12.6. The molecular formula is C17H17NO2. The zero-order valence-electron chi connectivity index (χ0n) is 11.9. The van der Waals surface area contributed by atoms with Crippen LogP contribution in [0.2, 0.25) is 0 Å². The van der Waals surface area contributed by atoms with Gasteiger partial charge in [-0.25, -0.2) is 0 Å². The molecule has 102 valence electrons. The van der Waals surface area contributed by atoms with E-state index in [0.717, 1.165) is 28.8 Å². The zero-order chi connectivity index (χ0) is 14.7. The Kier molecular flexibility index (Phi) is 3.99. The van der Waals surface area contributed by atoms with Gasteiger partial charge >= 0.3 is 0 Å². The van der Waals surface area contributed by atoms with Crippen molar-refractivity contribution in [3.63, 3.8) is 0 Å². The Hall–Kier alpha value is -2.42. The van der Waals surface area contributed by atoms with Crippen molar-refractivity contribution in [1.82, 2.24) is 0 Å². The van der Waals surface area contributed by atoms with Gasteiger partial charge in [-0.05, 0) is 49.2 Å². The van der Waals surface area contributed by atoms with E-state index in [1.54, 1.807) is 31.3 Å². The molecular weight excluding hydrogens is 250 g/mol. The first-order chi connectivity index (χ1) is 9.54. The van der Waals surface area contributed by atoms with Crippen molar-refractivity contribution in [1.29, 1.82) is 0 Å². The summed E-state index contributed by atoms with van der Waals surface area (Å²) in [5.41, 5.74) is 4.10. The molecule has 0 unspecified atom stereocenters. The molecule has 0 spiro atoms. The highest BCUT2D eigenvalue weighted by Gasteiger charge is 2.14. The van der Waals surface area contributed by atoms with Crippen LogP contribution in [0.3, 0.4) is 0 Å². The number of aryl methyl sites for hydroxylation is 2. The van der Waals surface area contributed by atoms with Crippen LogP contribution in [0, 0.1) is 13.8 Å². The Bertz CT molecular complexity index is 624. The molecule has 2 rings (SSSR count). The van der Waals surface area contributed by atoms with Gasteiger partial charge in [-0.2, -0.15) is 0 Å². The summed E-state index contributed by atoms with van der Waals surface area (Å²) in [5, 5.41) is 0. The molecule has 2 aromatic carbocycles. The lowest BCUT2D eigenvalue weighted by Gasteiger charge is -2.12. The Morgan fingerprint density at radius 2 is 1.55 bits per heavy atom. The minimum Gasteiger partial charge on any atom is -0.318 e. The van der Waals surface area contributed by atoms with Gasteiger partial charge < -0.3 is 4.90 Å². The normalized spacial score (nSPS) is 10.2. The lowest BCUT2D eigenvalue weighted by molar-refractivity contribution is -0.107. The van der Waals surface area contributed by atoms with E-state index < -0.39 is 0 Å². The van der Waals surface area contributed by atoms with Gasteiger partial charge in [0.1, 0.15) is 0 Å². The van der Waals surface area contributed by atoms with E-state index in [1.807, 2.05) is 32.0 Å². The van der Waals surface area contributed by atoms with Crippen LogP contribution >= 0.6 is 0 Å². The minimum atomic E-state index is 0.0147. The molecule has 20 heavy (non-hydrogen) atoms. The molecule has 0 N–H and O–H groups in total. The van der Waals surface area contributed by atoms with Crippen LogP contribution in [0.15, 0.2) is 42.5 Å². The number of ketones is 1. The third-order valence-corrected chi connectivity index (χ3v) is 3.40. The van der Waals surface area contributed by atoms with Gasteiger partial charge in [0, 0.05) is 23.9 Å². The molecule has 0 radical (unpaired) electrons. The topological polar surface area (TPSA) is 37.4 Å². The standard InChI is InChI=1S/C17H17NO2/c1-12-5-4-6-13(2)16(12)17(20)14-7-9-15(10-8-14)18(3)11-19/h4-11H,1-3H3. The highest BCUT2D eigenvalue weighted by Crippen LogP contribution is 2.20. The Morgan fingerprint density at radius 3 is 2.05 bits per heavy atom. The first-order valence-electron chi connectivity index (χ1n) is 6.43. The Balaban J connectivity index is 2.37. The van der Waals surface area contributed by atoms with E-state index in [1.165, 1.54) is 4.90 Å². The van der Waals surface area contributed by atoms with Gasteiger partial charge in [0.25, 0.3) is 0 Å². The largest absolute Gasteiger partial charge is 0.318 e. The summed E-state index contributed by atoms with van der Waals surface area (Å²) in [7, 11) is 1.68. The van der Waals surface area contributed by atoms with Gasteiger partial charge in [0.2, 0.25) is 6.41 Å². The summed E-state index contributed by atoms with van der Waals surface area (Å²) in [6.07, 6.45) is 0.738. The SMILES string of the molecule is Cc1cccc(C)c1C(=O)c1ccc(N(C)C=O)cc1. The number of hydrogen-bond acceptors (Lipinski definition) is 2. The number of amides is 1. The van der Waals surface area contributed by atoms with Crippen molar-refractivity contribution in [2.24, 2.45) is 0 Å². The quantitative estimate of drug-likeness (QED) is 0.630. The molecule has 1 amide bonds. The fourth-order valence-electron chi connectivity index (χ4n) is 2.23. The predicted octanol–water partition coefficient (Wildman–Crippen LogP) is 3.13. The molecule has 0 aliphatic heterocycles. The average Bonchev–Trinajstić information content (AvgIpc) is 2.46. The summed E-state index contributed by atoms with van der Waals surface area (Å²) < 4.78 is 0. The van der Waals surface area contributed by atoms with Crippen molar-refractivity contribution in [2.45, 2.75) is 13.8 Å². The highest BCUT2D eigenvalue weighted by atomic mass is 16.1. The maximum atomic E-state index is 12.6. The third-order valence-electron chi connectivity index (χ3n) is 3.40. The van der Waals surface area contributed by atoms with Crippen LogP contribution in [-0.2, 0) is 4.79 Å². The monoisotopic (exact) mass is 267 g/mol. The van der Waals surface area contributed by atoms with Crippen LogP contribution < -0.4 is 4.90 Å². The number of rotatable bonds is 4. The second-order valence-corrected chi connectivity index (χ2v) is 4.86. The van der Waals surface area contributed by atoms with E-state index in [-0.39, 0.29) is 5.78 Å². The number of anilines is 1. The van der Waals surface area contributed by atoms with E-state index in [0.29, 0.717) is 5.56 Å². The molecule has 0 aliphatic rings. The summed E-state index contributed by atoms with van der Waals surface area (Å²) in [4.78, 5) is 24.7. The second kappa shape index (κ2) is 5.70. The summed E-state index contributed by atoms with van der Waals surface area (Å²) in [6, 6.07) is 12.9. The molecule has 0 aliphatic carbocycles.